The Morgan fingerprint density at radius 3 is 2.83 bits per heavy atom. The third-order valence-corrected chi connectivity index (χ3v) is 5.16. The van der Waals surface area contributed by atoms with Gasteiger partial charge in [0.05, 0.1) is 12.6 Å². The van der Waals surface area contributed by atoms with Gasteiger partial charge in [0, 0.05) is 42.2 Å². The third-order valence-electron chi connectivity index (χ3n) is 5.16. The Kier molecular flexibility index (Phi) is 3.03. The molecule has 0 radical (unpaired) electrons. The first kappa shape index (κ1) is 14.2. The topological polar surface area (TPSA) is 61.9 Å². The Bertz CT molecular complexity index is 994. The fraction of sp³-hybridized carbons (Fsp3) is 0.500. The summed E-state index contributed by atoms with van der Waals surface area (Å²) in [6, 6.07) is 4.26. The third kappa shape index (κ3) is 2.09. The highest BCUT2D eigenvalue weighted by Crippen LogP contribution is 2.40. The molecule has 24 heavy (non-hydrogen) atoms. The molecule has 1 aliphatic carbocycles. The Balaban J connectivity index is 1.85. The fourth-order valence-electron chi connectivity index (χ4n) is 3.78. The van der Waals surface area contributed by atoms with Gasteiger partial charge in [0.2, 0.25) is 0 Å². The minimum Gasteiger partial charge on any atom is -0.379 e. The van der Waals surface area contributed by atoms with Crippen molar-refractivity contribution in [2.24, 2.45) is 7.05 Å². The molecular formula is C18H20N4O2. The SMILES string of the molecule is Cn1cc2c(n1)c(=O)n(C1CCCOC1)c1nc(C3CC3)ccc21. The number of nitrogens with zero attached hydrogens (tertiary/aromatic N) is 4. The molecule has 0 amide bonds. The molecule has 1 aliphatic heterocycles. The van der Waals surface area contributed by atoms with E-state index in [1.165, 1.54) is 12.8 Å². The van der Waals surface area contributed by atoms with Crippen molar-refractivity contribution in [2.45, 2.75) is 37.6 Å². The van der Waals surface area contributed by atoms with E-state index in [1.54, 1.807) is 4.68 Å². The second kappa shape index (κ2) is 5.14. The standard InChI is InChI=1S/C18H20N4O2/c1-21-9-14-13-6-7-15(11-4-5-11)19-17(13)22(18(23)16(14)20-21)12-3-2-8-24-10-12/h6-7,9,11-12H,2-5,8,10H2,1H3. The molecule has 1 saturated heterocycles. The van der Waals surface area contributed by atoms with Crippen LogP contribution in [0.3, 0.4) is 0 Å². The number of aryl methyl sites for hydroxylation is 1. The zero-order valence-electron chi connectivity index (χ0n) is 13.7. The first-order valence-electron chi connectivity index (χ1n) is 8.68. The van der Waals surface area contributed by atoms with Crippen molar-refractivity contribution in [1.82, 2.24) is 19.3 Å². The van der Waals surface area contributed by atoms with Gasteiger partial charge in [0.15, 0.2) is 5.52 Å². The van der Waals surface area contributed by atoms with Crippen molar-refractivity contribution in [3.8, 4) is 0 Å². The average molecular weight is 324 g/mol. The van der Waals surface area contributed by atoms with Crippen LogP contribution in [0, 0.1) is 0 Å². The zero-order valence-corrected chi connectivity index (χ0v) is 13.7. The highest BCUT2D eigenvalue weighted by Gasteiger charge is 2.27. The van der Waals surface area contributed by atoms with E-state index < -0.39 is 0 Å². The number of rotatable bonds is 2. The summed E-state index contributed by atoms with van der Waals surface area (Å²) in [6.45, 7) is 1.35. The minimum absolute atomic E-state index is 0.0436. The number of fused-ring (bicyclic) bond motifs is 3. The lowest BCUT2D eigenvalue weighted by Gasteiger charge is -2.25. The lowest BCUT2D eigenvalue weighted by molar-refractivity contribution is 0.0594. The van der Waals surface area contributed by atoms with Crippen LogP contribution >= 0.6 is 0 Å². The van der Waals surface area contributed by atoms with Gasteiger partial charge >= 0.3 is 0 Å². The summed E-state index contributed by atoms with van der Waals surface area (Å²) < 4.78 is 9.19. The molecule has 3 aromatic rings. The summed E-state index contributed by atoms with van der Waals surface area (Å²) in [4.78, 5) is 18.0. The van der Waals surface area contributed by atoms with E-state index in [0.29, 0.717) is 18.0 Å². The van der Waals surface area contributed by atoms with Crippen LogP contribution in [0.5, 0.6) is 0 Å². The molecule has 6 heteroatoms. The summed E-state index contributed by atoms with van der Waals surface area (Å²) >= 11 is 0. The van der Waals surface area contributed by atoms with Crippen LogP contribution in [0.1, 0.15) is 43.3 Å². The van der Waals surface area contributed by atoms with Gasteiger partial charge in [-0.25, -0.2) is 4.98 Å². The van der Waals surface area contributed by atoms with Crippen molar-refractivity contribution >= 4 is 21.9 Å². The van der Waals surface area contributed by atoms with E-state index in [2.05, 4.69) is 17.2 Å². The Hall–Kier alpha value is -2.21. The quantitative estimate of drug-likeness (QED) is 0.727. The molecule has 124 valence electrons. The molecule has 1 saturated carbocycles. The van der Waals surface area contributed by atoms with E-state index in [9.17, 15) is 4.79 Å². The molecule has 6 nitrogen and oxygen atoms in total. The largest absolute Gasteiger partial charge is 0.379 e. The molecule has 2 aliphatic rings. The number of ether oxygens (including phenoxy) is 1. The summed E-state index contributed by atoms with van der Waals surface area (Å²) in [5, 5.41) is 6.30. The number of hydrogen-bond acceptors (Lipinski definition) is 4. The number of hydrogen-bond donors (Lipinski definition) is 0. The minimum atomic E-state index is -0.0472. The van der Waals surface area contributed by atoms with Gasteiger partial charge in [-0.15, -0.1) is 0 Å². The smallest absolute Gasteiger partial charge is 0.280 e. The van der Waals surface area contributed by atoms with Crippen LogP contribution in [0.15, 0.2) is 23.1 Å². The fourth-order valence-corrected chi connectivity index (χ4v) is 3.78. The van der Waals surface area contributed by atoms with E-state index in [1.807, 2.05) is 17.8 Å². The second-order valence-corrected chi connectivity index (χ2v) is 6.99. The van der Waals surface area contributed by atoms with Crippen molar-refractivity contribution in [1.29, 1.82) is 0 Å². The Morgan fingerprint density at radius 1 is 1.21 bits per heavy atom. The predicted molar refractivity (Wildman–Crippen MR) is 91.3 cm³/mol. The molecule has 0 spiro atoms. The van der Waals surface area contributed by atoms with Gasteiger partial charge in [-0.2, -0.15) is 5.10 Å². The molecule has 1 unspecified atom stereocenters. The maximum Gasteiger partial charge on any atom is 0.280 e. The summed E-state index contributed by atoms with van der Waals surface area (Å²) in [5.41, 5.74) is 2.38. The first-order chi connectivity index (χ1) is 11.7. The number of aromatic nitrogens is 4. The molecule has 5 rings (SSSR count). The maximum absolute atomic E-state index is 13.1. The van der Waals surface area contributed by atoms with Gasteiger partial charge in [0.25, 0.3) is 5.56 Å². The van der Waals surface area contributed by atoms with E-state index >= 15 is 0 Å². The van der Waals surface area contributed by atoms with Crippen LogP contribution in [0.4, 0.5) is 0 Å². The van der Waals surface area contributed by atoms with Gasteiger partial charge in [-0.3, -0.25) is 14.0 Å². The van der Waals surface area contributed by atoms with Crippen LogP contribution in [0.2, 0.25) is 0 Å². The Morgan fingerprint density at radius 2 is 2.08 bits per heavy atom. The van der Waals surface area contributed by atoms with E-state index in [-0.39, 0.29) is 11.6 Å². The van der Waals surface area contributed by atoms with Gasteiger partial charge in [-0.1, -0.05) is 0 Å². The summed E-state index contributed by atoms with van der Waals surface area (Å²) in [5.74, 6) is 0.560. The highest BCUT2D eigenvalue weighted by molar-refractivity contribution is 6.02. The molecular weight excluding hydrogens is 304 g/mol. The lowest BCUT2D eigenvalue weighted by atomic mass is 10.1. The highest BCUT2D eigenvalue weighted by atomic mass is 16.5. The molecule has 0 aromatic carbocycles. The number of pyridine rings is 2. The van der Waals surface area contributed by atoms with Crippen LogP contribution in [-0.2, 0) is 11.8 Å². The van der Waals surface area contributed by atoms with Crippen LogP contribution in [0.25, 0.3) is 21.9 Å². The van der Waals surface area contributed by atoms with Crippen molar-refractivity contribution in [3.63, 3.8) is 0 Å². The Labute approximate surface area is 139 Å². The van der Waals surface area contributed by atoms with Gasteiger partial charge in [-0.05, 0) is 37.8 Å². The van der Waals surface area contributed by atoms with Crippen molar-refractivity contribution < 1.29 is 4.74 Å². The maximum atomic E-state index is 13.1. The zero-order chi connectivity index (χ0) is 16.3. The predicted octanol–water partition coefficient (Wildman–Crippen LogP) is 2.51. The van der Waals surface area contributed by atoms with Crippen molar-refractivity contribution in [3.05, 3.63) is 34.4 Å². The second-order valence-electron chi connectivity index (χ2n) is 6.99. The molecule has 3 aromatic heterocycles. The monoisotopic (exact) mass is 324 g/mol. The average Bonchev–Trinajstić information content (AvgIpc) is 3.37. The van der Waals surface area contributed by atoms with E-state index in [0.717, 1.165) is 41.6 Å². The molecule has 1 atom stereocenters. The summed E-state index contributed by atoms with van der Waals surface area (Å²) in [7, 11) is 1.85. The van der Waals surface area contributed by atoms with Gasteiger partial charge < -0.3 is 4.74 Å². The van der Waals surface area contributed by atoms with E-state index in [4.69, 9.17) is 9.72 Å². The lowest BCUT2D eigenvalue weighted by Crippen LogP contribution is -2.31. The van der Waals surface area contributed by atoms with Crippen LogP contribution in [-0.4, -0.2) is 32.5 Å². The first-order valence-corrected chi connectivity index (χ1v) is 8.68. The van der Waals surface area contributed by atoms with Crippen LogP contribution < -0.4 is 5.56 Å². The summed E-state index contributed by atoms with van der Waals surface area (Å²) in [6.07, 6.45) is 6.23. The normalized spacial score (nSPS) is 21.6. The molecule has 0 bridgehead atoms. The van der Waals surface area contributed by atoms with Gasteiger partial charge in [0.1, 0.15) is 5.65 Å². The van der Waals surface area contributed by atoms with Crippen molar-refractivity contribution in [2.75, 3.05) is 13.2 Å². The molecule has 2 fully saturated rings. The molecule has 4 heterocycles. The molecule has 0 N–H and O–H groups in total.